The number of carbonyl (C=O) groups is 2. The van der Waals surface area contributed by atoms with E-state index in [-0.39, 0.29) is 22.8 Å². The van der Waals surface area contributed by atoms with Crippen molar-refractivity contribution in [2.45, 2.75) is 62.8 Å². The van der Waals surface area contributed by atoms with Gasteiger partial charge in [0.1, 0.15) is 5.82 Å². The van der Waals surface area contributed by atoms with Crippen LogP contribution in [0.15, 0.2) is 34.0 Å². The van der Waals surface area contributed by atoms with E-state index in [4.69, 9.17) is 0 Å². The predicted molar refractivity (Wildman–Crippen MR) is 113 cm³/mol. The first-order valence-electron chi connectivity index (χ1n) is 9.92. The number of aromatic nitrogens is 3. The van der Waals surface area contributed by atoms with Crippen LogP contribution in [0.2, 0.25) is 0 Å². The second-order valence-corrected chi connectivity index (χ2v) is 8.56. The van der Waals surface area contributed by atoms with Crippen LogP contribution >= 0.6 is 11.8 Å². The lowest BCUT2D eigenvalue weighted by Crippen LogP contribution is -2.33. The Morgan fingerprint density at radius 1 is 1.24 bits per heavy atom. The molecule has 156 valence electrons. The van der Waals surface area contributed by atoms with Crippen molar-refractivity contribution in [3.05, 3.63) is 40.6 Å². The predicted octanol–water partition coefficient (Wildman–Crippen LogP) is 2.03. The number of thioether (sulfide) groups is 1. The maximum atomic E-state index is 12.3. The highest BCUT2D eigenvalue weighted by Crippen LogP contribution is 2.24. The summed E-state index contributed by atoms with van der Waals surface area (Å²) < 4.78 is 3.28. The Balaban J connectivity index is 1.42. The minimum absolute atomic E-state index is 0.0438. The number of hydrogen-bond donors (Lipinski definition) is 2. The molecule has 1 atom stereocenters. The molecule has 2 aromatic rings. The van der Waals surface area contributed by atoms with E-state index in [0.29, 0.717) is 19.5 Å². The van der Waals surface area contributed by atoms with Crippen LogP contribution in [0.5, 0.6) is 0 Å². The van der Waals surface area contributed by atoms with Gasteiger partial charge < -0.3 is 10.6 Å². The number of nitrogens with zero attached hydrogens (tertiary/aromatic N) is 3. The normalized spacial score (nSPS) is 14.1. The summed E-state index contributed by atoms with van der Waals surface area (Å²) in [5, 5.41) is 9.80. The van der Waals surface area contributed by atoms with Gasteiger partial charge in [-0.1, -0.05) is 0 Å². The number of fused-ring (bicyclic) bond motifs is 1. The van der Waals surface area contributed by atoms with E-state index in [1.807, 2.05) is 31.2 Å². The molecule has 8 nitrogen and oxygen atoms in total. The second-order valence-electron chi connectivity index (χ2n) is 7.14. The van der Waals surface area contributed by atoms with Crippen molar-refractivity contribution in [3.8, 4) is 0 Å². The highest BCUT2D eigenvalue weighted by atomic mass is 32.2. The smallest absolute Gasteiger partial charge is 0.345 e. The third-order valence-corrected chi connectivity index (χ3v) is 5.85. The fourth-order valence-corrected chi connectivity index (χ4v) is 4.15. The van der Waals surface area contributed by atoms with Gasteiger partial charge in [0.15, 0.2) is 0 Å². The van der Waals surface area contributed by atoms with Gasteiger partial charge in [-0.15, -0.1) is 11.8 Å². The molecule has 0 saturated heterocycles. The van der Waals surface area contributed by atoms with Crippen LogP contribution in [0.1, 0.15) is 38.9 Å². The summed E-state index contributed by atoms with van der Waals surface area (Å²) in [7, 11) is 0. The maximum Gasteiger partial charge on any atom is 0.345 e. The van der Waals surface area contributed by atoms with Crippen molar-refractivity contribution in [1.82, 2.24) is 19.7 Å². The molecule has 1 aliphatic rings. The minimum Gasteiger partial charge on any atom is -0.355 e. The Labute approximate surface area is 174 Å². The zero-order chi connectivity index (χ0) is 20.8. The fourth-order valence-electron chi connectivity index (χ4n) is 3.26. The van der Waals surface area contributed by atoms with E-state index in [1.165, 1.54) is 23.4 Å². The molecule has 9 heteroatoms. The molecule has 0 radical (unpaired) electrons. The van der Waals surface area contributed by atoms with Crippen molar-refractivity contribution >= 4 is 29.3 Å². The number of hydrogen-bond acceptors (Lipinski definition) is 5. The molecule has 1 aromatic heterocycles. The summed E-state index contributed by atoms with van der Waals surface area (Å²) >= 11 is 1.46. The lowest BCUT2D eigenvalue weighted by atomic mass is 10.2. The first-order valence-corrected chi connectivity index (χ1v) is 10.8. The number of nitrogens with one attached hydrogen (secondary N) is 2. The van der Waals surface area contributed by atoms with E-state index < -0.39 is 0 Å². The third kappa shape index (κ3) is 5.72. The number of aryl methyl sites for hydroxylation is 2. The molecule has 0 saturated carbocycles. The Hall–Kier alpha value is -2.55. The van der Waals surface area contributed by atoms with Gasteiger partial charge in [-0.05, 0) is 50.5 Å². The van der Waals surface area contributed by atoms with Gasteiger partial charge in [0, 0.05) is 43.6 Å². The lowest BCUT2D eigenvalue weighted by Gasteiger charge is -2.12. The number of amides is 2. The Morgan fingerprint density at radius 3 is 2.69 bits per heavy atom. The topological polar surface area (TPSA) is 98.0 Å². The van der Waals surface area contributed by atoms with Crippen molar-refractivity contribution < 1.29 is 9.59 Å². The van der Waals surface area contributed by atoms with Gasteiger partial charge in [0.2, 0.25) is 11.8 Å². The summed E-state index contributed by atoms with van der Waals surface area (Å²) in [6.07, 6.45) is 3.63. The molecule has 0 aliphatic carbocycles. The van der Waals surface area contributed by atoms with E-state index in [1.54, 1.807) is 4.57 Å². The summed E-state index contributed by atoms with van der Waals surface area (Å²) in [6.45, 7) is 5.08. The lowest BCUT2D eigenvalue weighted by molar-refractivity contribution is -0.120. The fraction of sp³-hybridized carbons (Fsp3) is 0.500. The largest absolute Gasteiger partial charge is 0.355 e. The van der Waals surface area contributed by atoms with E-state index in [0.717, 1.165) is 42.2 Å². The zero-order valence-electron chi connectivity index (χ0n) is 16.8. The number of rotatable bonds is 8. The maximum absolute atomic E-state index is 12.3. The Kier molecular flexibility index (Phi) is 7.13. The first kappa shape index (κ1) is 21.2. The third-order valence-electron chi connectivity index (χ3n) is 4.73. The van der Waals surface area contributed by atoms with Crippen molar-refractivity contribution in [2.75, 3.05) is 11.9 Å². The summed E-state index contributed by atoms with van der Waals surface area (Å²) in [4.78, 5) is 36.6. The van der Waals surface area contributed by atoms with Crippen LogP contribution in [-0.2, 0) is 29.1 Å². The van der Waals surface area contributed by atoms with Crippen LogP contribution in [-0.4, -0.2) is 38.0 Å². The van der Waals surface area contributed by atoms with E-state index in [2.05, 4.69) is 15.7 Å². The van der Waals surface area contributed by atoms with Crippen LogP contribution in [0.25, 0.3) is 0 Å². The molecule has 3 rings (SSSR count). The zero-order valence-corrected chi connectivity index (χ0v) is 17.6. The molecular formula is C20H27N5O3S. The second kappa shape index (κ2) is 9.78. The molecule has 0 bridgehead atoms. The highest BCUT2D eigenvalue weighted by molar-refractivity contribution is 8.00. The van der Waals surface area contributed by atoms with Gasteiger partial charge in [0.25, 0.3) is 0 Å². The molecule has 2 N–H and O–H groups in total. The summed E-state index contributed by atoms with van der Waals surface area (Å²) in [5.41, 5.74) is 0.688. The number of anilines is 1. The number of benzene rings is 1. The monoisotopic (exact) mass is 417 g/mol. The first-order chi connectivity index (χ1) is 13.9. The Bertz CT molecular complexity index is 919. The van der Waals surface area contributed by atoms with Crippen LogP contribution in [0, 0.1) is 0 Å². The van der Waals surface area contributed by atoms with Gasteiger partial charge in [-0.25, -0.2) is 9.48 Å². The SMILES string of the molecule is CC(=O)Nc1ccc(SC(C)C(=O)NCCCn2nc3n(c2=O)CCCC3)cc1. The summed E-state index contributed by atoms with van der Waals surface area (Å²) in [5.74, 6) is 0.716. The van der Waals surface area contributed by atoms with Gasteiger partial charge >= 0.3 is 5.69 Å². The van der Waals surface area contributed by atoms with Gasteiger partial charge in [-0.3, -0.25) is 14.2 Å². The van der Waals surface area contributed by atoms with E-state index in [9.17, 15) is 14.4 Å². The minimum atomic E-state index is -0.246. The average molecular weight is 418 g/mol. The van der Waals surface area contributed by atoms with Crippen LogP contribution < -0.4 is 16.3 Å². The molecule has 2 amide bonds. The van der Waals surface area contributed by atoms with Crippen molar-refractivity contribution in [1.29, 1.82) is 0 Å². The molecule has 1 unspecified atom stereocenters. The van der Waals surface area contributed by atoms with Crippen LogP contribution in [0.4, 0.5) is 5.69 Å². The molecule has 0 fully saturated rings. The van der Waals surface area contributed by atoms with E-state index >= 15 is 0 Å². The summed E-state index contributed by atoms with van der Waals surface area (Å²) in [6, 6.07) is 7.40. The average Bonchev–Trinajstić information content (AvgIpc) is 3.02. The van der Waals surface area contributed by atoms with Gasteiger partial charge in [0.05, 0.1) is 5.25 Å². The van der Waals surface area contributed by atoms with Crippen LogP contribution in [0.3, 0.4) is 0 Å². The highest BCUT2D eigenvalue weighted by Gasteiger charge is 2.17. The molecule has 1 aromatic carbocycles. The molecule has 0 spiro atoms. The standard InChI is InChI=1S/C20H27N5O3S/c1-14(29-17-9-7-16(8-10-17)22-15(2)26)19(27)21-11-5-13-25-20(28)24-12-4-3-6-18(24)23-25/h7-10,14H,3-6,11-13H2,1-2H3,(H,21,27)(H,22,26). The molecule has 1 aliphatic heterocycles. The quantitative estimate of drug-likeness (QED) is 0.506. The number of carbonyl (C=O) groups excluding carboxylic acids is 2. The molecule has 29 heavy (non-hydrogen) atoms. The Morgan fingerprint density at radius 2 is 2.00 bits per heavy atom. The molecular weight excluding hydrogens is 390 g/mol. The van der Waals surface area contributed by atoms with Crippen molar-refractivity contribution in [3.63, 3.8) is 0 Å². The molecule has 2 heterocycles. The van der Waals surface area contributed by atoms with Crippen molar-refractivity contribution in [2.24, 2.45) is 0 Å². The van der Waals surface area contributed by atoms with Gasteiger partial charge in [-0.2, -0.15) is 5.10 Å².